The van der Waals surface area contributed by atoms with Gasteiger partial charge >= 0.3 is 0 Å². The van der Waals surface area contributed by atoms with Crippen molar-refractivity contribution in [1.82, 2.24) is 9.38 Å². The molecule has 0 radical (unpaired) electrons. The molecule has 1 saturated heterocycles. The molecular formula is C18H15F2N3O2. The Balaban J connectivity index is 1.83. The number of β-amino-alcohol motifs (C(OH)–C–C–N with tert-alkyl or cyclic N) is 1. The van der Waals surface area contributed by atoms with Crippen LogP contribution >= 0.6 is 0 Å². The molecule has 2 atom stereocenters. The molecule has 2 aromatic heterocycles. The topological polar surface area (TPSA) is 57.8 Å². The van der Waals surface area contributed by atoms with E-state index in [0.29, 0.717) is 11.5 Å². The van der Waals surface area contributed by atoms with Gasteiger partial charge in [0.15, 0.2) is 0 Å². The molecule has 25 heavy (non-hydrogen) atoms. The molecule has 1 fully saturated rings. The van der Waals surface area contributed by atoms with Crippen LogP contribution in [0.2, 0.25) is 0 Å². The van der Waals surface area contributed by atoms with Crippen molar-refractivity contribution >= 4 is 11.5 Å². The fourth-order valence-corrected chi connectivity index (χ4v) is 3.32. The number of aromatic nitrogens is 2. The van der Waals surface area contributed by atoms with Crippen LogP contribution in [0.15, 0.2) is 53.5 Å². The molecule has 4 rings (SSSR count). The maximum absolute atomic E-state index is 14.2. The first-order chi connectivity index (χ1) is 12.0. The highest BCUT2D eigenvalue weighted by molar-refractivity contribution is 5.51. The fraction of sp³-hybridized carbons (Fsp3) is 0.222. The van der Waals surface area contributed by atoms with Gasteiger partial charge < -0.3 is 10.0 Å². The van der Waals surface area contributed by atoms with Gasteiger partial charge in [-0.2, -0.15) is 0 Å². The number of fused-ring (bicyclic) bond motifs is 1. The summed E-state index contributed by atoms with van der Waals surface area (Å²) >= 11 is 0. The smallest absolute Gasteiger partial charge is 0.259 e. The van der Waals surface area contributed by atoms with Crippen LogP contribution in [-0.2, 0) is 0 Å². The maximum Gasteiger partial charge on any atom is 0.259 e. The Morgan fingerprint density at radius 3 is 2.84 bits per heavy atom. The molecule has 0 spiro atoms. The zero-order chi connectivity index (χ0) is 17.6. The van der Waals surface area contributed by atoms with Gasteiger partial charge in [0.05, 0.1) is 12.1 Å². The maximum atomic E-state index is 14.2. The molecule has 5 nitrogen and oxygen atoms in total. The van der Waals surface area contributed by atoms with Crippen molar-refractivity contribution in [3.8, 4) is 0 Å². The minimum atomic E-state index is -0.719. The second kappa shape index (κ2) is 5.93. The van der Waals surface area contributed by atoms with Gasteiger partial charge in [-0.1, -0.05) is 6.07 Å². The third kappa shape index (κ3) is 2.76. The van der Waals surface area contributed by atoms with E-state index < -0.39 is 23.8 Å². The first-order valence-corrected chi connectivity index (χ1v) is 7.91. The Labute approximate surface area is 141 Å². The largest absolute Gasteiger partial charge is 0.391 e. The lowest BCUT2D eigenvalue weighted by molar-refractivity contribution is 0.194. The van der Waals surface area contributed by atoms with Gasteiger partial charge in [0.1, 0.15) is 23.1 Å². The second-order valence-electron chi connectivity index (χ2n) is 6.10. The number of hydrogen-bond acceptors (Lipinski definition) is 4. The van der Waals surface area contributed by atoms with Gasteiger partial charge in [0.25, 0.3) is 5.56 Å². The van der Waals surface area contributed by atoms with Gasteiger partial charge in [-0.25, -0.2) is 13.8 Å². The van der Waals surface area contributed by atoms with Crippen LogP contribution in [0.3, 0.4) is 0 Å². The average Bonchev–Trinajstić information content (AvgIpc) is 2.99. The van der Waals surface area contributed by atoms with Crippen molar-refractivity contribution < 1.29 is 13.9 Å². The number of aliphatic hydroxyl groups is 1. The van der Waals surface area contributed by atoms with Crippen LogP contribution < -0.4 is 10.5 Å². The summed E-state index contributed by atoms with van der Waals surface area (Å²) in [7, 11) is 0. The Bertz CT molecular complexity index is 1010. The minimum Gasteiger partial charge on any atom is -0.391 e. The van der Waals surface area contributed by atoms with Crippen LogP contribution in [0.4, 0.5) is 14.6 Å². The zero-order valence-electron chi connectivity index (χ0n) is 13.1. The normalized spacial score (nSPS) is 20.4. The first-order valence-electron chi connectivity index (χ1n) is 7.91. The van der Waals surface area contributed by atoms with E-state index in [1.54, 1.807) is 29.3 Å². The van der Waals surface area contributed by atoms with Crippen LogP contribution in [0, 0.1) is 11.6 Å². The third-order valence-electron chi connectivity index (χ3n) is 4.45. The van der Waals surface area contributed by atoms with Gasteiger partial charge in [-0.3, -0.25) is 9.20 Å². The molecule has 0 amide bonds. The van der Waals surface area contributed by atoms with E-state index in [1.807, 2.05) is 0 Å². The molecule has 128 valence electrons. The summed E-state index contributed by atoms with van der Waals surface area (Å²) in [5.41, 5.74) is 0.317. The summed E-state index contributed by atoms with van der Waals surface area (Å²) in [6, 6.07) is 9.16. The molecule has 7 heteroatoms. The lowest BCUT2D eigenvalue weighted by atomic mass is 10.0. The van der Waals surface area contributed by atoms with E-state index in [-0.39, 0.29) is 24.1 Å². The number of halogens is 2. The van der Waals surface area contributed by atoms with Crippen LogP contribution in [0.5, 0.6) is 0 Å². The standard InChI is InChI=1S/C18H15F2N3O2/c19-11-4-5-14(20)13(7-11)15-8-12(24)10-23(15)17-9-18(25)22-6-2-1-3-16(22)21-17/h1-7,9,12,15,24H,8,10H2/t12-,15-/m1/s1. The predicted octanol–water partition coefficient (Wildman–Crippen LogP) is 2.29. The molecule has 0 bridgehead atoms. The number of nitrogens with zero attached hydrogens (tertiary/aromatic N) is 3. The highest BCUT2D eigenvalue weighted by atomic mass is 19.1. The quantitative estimate of drug-likeness (QED) is 0.776. The van der Waals surface area contributed by atoms with Gasteiger partial charge in [-0.05, 0) is 36.8 Å². The monoisotopic (exact) mass is 343 g/mol. The molecule has 3 aromatic rings. The highest BCUT2D eigenvalue weighted by Gasteiger charge is 2.35. The van der Waals surface area contributed by atoms with Gasteiger partial charge in [0, 0.05) is 24.4 Å². The van der Waals surface area contributed by atoms with Crippen molar-refractivity contribution in [2.45, 2.75) is 18.6 Å². The zero-order valence-corrected chi connectivity index (χ0v) is 13.1. The molecule has 0 saturated carbocycles. The summed E-state index contributed by atoms with van der Waals surface area (Å²) in [4.78, 5) is 18.4. The Morgan fingerprint density at radius 1 is 1.16 bits per heavy atom. The van der Waals surface area contributed by atoms with Crippen molar-refractivity contribution in [2.24, 2.45) is 0 Å². The van der Waals surface area contributed by atoms with Crippen molar-refractivity contribution in [2.75, 3.05) is 11.4 Å². The number of benzene rings is 1. The second-order valence-corrected chi connectivity index (χ2v) is 6.10. The summed E-state index contributed by atoms with van der Waals surface area (Å²) in [6.07, 6.45) is 1.12. The number of anilines is 1. The molecule has 3 heterocycles. The Morgan fingerprint density at radius 2 is 2.00 bits per heavy atom. The molecule has 1 aromatic carbocycles. The molecular weight excluding hydrogens is 328 g/mol. The van der Waals surface area contributed by atoms with E-state index in [0.717, 1.165) is 18.2 Å². The predicted molar refractivity (Wildman–Crippen MR) is 88.5 cm³/mol. The minimum absolute atomic E-state index is 0.145. The molecule has 0 aliphatic carbocycles. The van der Waals surface area contributed by atoms with E-state index in [2.05, 4.69) is 4.98 Å². The summed E-state index contributed by atoms with van der Waals surface area (Å²) < 4.78 is 29.2. The number of pyridine rings is 1. The molecule has 1 N–H and O–H groups in total. The molecule has 1 aliphatic rings. The highest BCUT2D eigenvalue weighted by Crippen LogP contribution is 2.36. The first kappa shape index (κ1) is 15.7. The van der Waals surface area contributed by atoms with Crippen molar-refractivity contribution in [1.29, 1.82) is 0 Å². The lowest BCUT2D eigenvalue weighted by Gasteiger charge is -2.26. The lowest BCUT2D eigenvalue weighted by Crippen LogP contribution is -2.28. The van der Waals surface area contributed by atoms with E-state index in [1.165, 1.54) is 10.5 Å². The average molecular weight is 343 g/mol. The van der Waals surface area contributed by atoms with Gasteiger partial charge in [-0.15, -0.1) is 0 Å². The number of hydrogen-bond donors (Lipinski definition) is 1. The van der Waals surface area contributed by atoms with E-state index >= 15 is 0 Å². The Hall–Kier alpha value is -2.80. The van der Waals surface area contributed by atoms with E-state index in [9.17, 15) is 18.7 Å². The van der Waals surface area contributed by atoms with Crippen LogP contribution in [-0.4, -0.2) is 27.1 Å². The van der Waals surface area contributed by atoms with Crippen LogP contribution in [0.25, 0.3) is 5.65 Å². The van der Waals surface area contributed by atoms with Gasteiger partial charge in [0.2, 0.25) is 0 Å². The van der Waals surface area contributed by atoms with Crippen LogP contribution in [0.1, 0.15) is 18.0 Å². The van der Waals surface area contributed by atoms with Crippen molar-refractivity contribution in [3.63, 3.8) is 0 Å². The summed E-state index contributed by atoms with van der Waals surface area (Å²) in [6.45, 7) is 0.191. The Kier molecular flexibility index (Phi) is 3.73. The van der Waals surface area contributed by atoms with E-state index in [4.69, 9.17) is 0 Å². The van der Waals surface area contributed by atoms with Crippen molar-refractivity contribution in [3.05, 3.63) is 76.2 Å². The summed E-state index contributed by atoms with van der Waals surface area (Å²) in [5.74, 6) is -0.770. The number of rotatable bonds is 2. The number of aliphatic hydroxyl groups excluding tert-OH is 1. The summed E-state index contributed by atoms with van der Waals surface area (Å²) in [5, 5.41) is 10.1. The SMILES string of the molecule is O=c1cc(N2C[C@H](O)C[C@@H]2c2cc(F)ccc2F)nc2ccccn12. The molecule has 0 unspecified atom stereocenters. The third-order valence-corrected chi connectivity index (χ3v) is 4.45. The fourth-order valence-electron chi connectivity index (χ4n) is 3.32. The molecule has 1 aliphatic heterocycles.